The maximum absolute atomic E-state index is 9.50. The molecule has 1 aromatic rings. The molecule has 0 amide bonds. The van der Waals surface area contributed by atoms with Gasteiger partial charge in [0.05, 0.1) is 6.61 Å². The van der Waals surface area contributed by atoms with E-state index in [0.717, 1.165) is 12.0 Å². The van der Waals surface area contributed by atoms with Crippen LogP contribution in [-0.4, -0.2) is 18.3 Å². The van der Waals surface area contributed by atoms with E-state index in [0.29, 0.717) is 24.8 Å². The van der Waals surface area contributed by atoms with Crippen LogP contribution in [0.5, 0.6) is 11.5 Å². The molecule has 1 unspecified atom stereocenters. The normalized spacial score (nSPS) is 19.1. The van der Waals surface area contributed by atoms with Gasteiger partial charge < -0.3 is 15.6 Å². The van der Waals surface area contributed by atoms with E-state index in [2.05, 4.69) is 0 Å². The molecule has 0 aliphatic carbocycles. The van der Waals surface area contributed by atoms with Crippen LogP contribution in [0.2, 0.25) is 0 Å². The van der Waals surface area contributed by atoms with Crippen molar-refractivity contribution in [1.29, 1.82) is 0 Å². The molecule has 0 fully saturated rings. The van der Waals surface area contributed by atoms with Crippen LogP contribution in [0.15, 0.2) is 18.2 Å². The largest absolute Gasteiger partial charge is 0.504 e. The fraction of sp³-hybridized carbons (Fsp3) is 0.400. The summed E-state index contributed by atoms with van der Waals surface area (Å²) in [7, 11) is 0. The average molecular weight is 260 g/mol. The Morgan fingerprint density at radius 1 is 1.50 bits per heavy atom. The van der Waals surface area contributed by atoms with Gasteiger partial charge in [-0.15, -0.1) is 17.0 Å². The van der Waals surface area contributed by atoms with Gasteiger partial charge in [0, 0.05) is 11.5 Å². The van der Waals surface area contributed by atoms with Crippen molar-refractivity contribution in [1.82, 2.24) is 0 Å². The number of fused-ring (bicyclic) bond motifs is 1. The molecule has 1 heterocycles. The molecule has 0 saturated carbocycles. The number of nitrogens with two attached hydrogens (primary N) is 1. The van der Waals surface area contributed by atoms with Crippen molar-refractivity contribution in [2.75, 3.05) is 13.2 Å². The van der Waals surface area contributed by atoms with Gasteiger partial charge in [-0.2, -0.15) is 0 Å². The molecule has 1 atom stereocenters. The molecule has 1 aliphatic heterocycles. The Bertz CT molecular complexity index is 317. The van der Waals surface area contributed by atoms with E-state index in [1.165, 1.54) is 0 Å². The van der Waals surface area contributed by atoms with Gasteiger partial charge in [-0.05, 0) is 19.0 Å². The number of halogens is 1. The molecule has 0 aromatic heterocycles. The lowest BCUT2D eigenvalue weighted by molar-refractivity contribution is 0.255. The minimum Gasteiger partial charge on any atom is -0.504 e. The van der Waals surface area contributed by atoms with E-state index in [1.807, 2.05) is 12.1 Å². The van der Waals surface area contributed by atoms with E-state index in [9.17, 15) is 5.11 Å². The Morgan fingerprint density at radius 3 is 3.00 bits per heavy atom. The van der Waals surface area contributed by atoms with Crippen LogP contribution in [0.25, 0.3) is 0 Å². The summed E-state index contributed by atoms with van der Waals surface area (Å²) in [4.78, 5) is 0. The predicted octanol–water partition coefficient (Wildman–Crippen LogP) is 1.79. The highest BCUT2D eigenvalue weighted by molar-refractivity contribution is 8.93. The van der Waals surface area contributed by atoms with Crippen molar-refractivity contribution in [2.45, 2.75) is 12.3 Å². The molecule has 3 N–H and O–H groups in total. The van der Waals surface area contributed by atoms with Crippen LogP contribution in [0.3, 0.4) is 0 Å². The van der Waals surface area contributed by atoms with Crippen LogP contribution in [-0.2, 0) is 0 Å². The second kappa shape index (κ2) is 4.66. The van der Waals surface area contributed by atoms with Gasteiger partial charge in [-0.25, -0.2) is 0 Å². The molecule has 3 nitrogen and oxygen atoms in total. The minimum atomic E-state index is 0. The third-order valence-electron chi connectivity index (χ3n) is 2.46. The molecule has 2 rings (SSSR count). The Labute approximate surface area is 93.6 Å². The Balaban J connectivity index is 0.000000980. The lowest BCUT2D eigenvalue weighted by Crippen LogP contribution is -2.20. The standard InChI is InChI=1S/C10H13NO2.BrH/c11-6-7-4-5-13-10-8(7)2-1-3-9(10)12;/h1-3,7,12H,4-6,11H2;1H. The maximum Gasteiger partial charge on any atom is 0.164 e. The number of rotatable bonds is 1. The predicted molar refractivity (Wildman–Crippen MR) is 60.3 cm³/mol. The van der Waals surface area contributed by atoms with Crippen LogP contribution in [0, 0.1) is 0 Å². The zero-order valence-electron chi connectivity index (χ0n) is 7.77. The van der Waals surface area contributed by atoms with E-state index in [1.54, 1.807) is 6.07 Å². The topological polar surface area (TPSA) is 55.5 Å². The first-order valence-corrected chi connectivity index (χ1v) is 4.47. The summed E-state index contributed by atoms with van der Waals surface area (Å²) >= 11 is 0. The number of phenols is 1. The summed E-state index contributed by atoms with van der Waals surface area (Å²) in [5, 5.41) is 9.50. The van der Waals surface area contributed by atoms with Crippen molar-refractivity contribution in [3.05, 3.63) is 23.8 Å². The minimum absolute atomic E-state index is 0. The lowest BCUT2D eigenvalue weighted by Gasteiger charge is -2.25. The molecular weight excluding hydrogens is 246 g/mol. The second-order valence-electron chi connectivity index (χ2n) is 3.27. The monoisotopic (exact) mass is 259 g/mol. The first-order valence-electron chi connectivity index (χ1n) is 4.47. The quantitative estimate of drug-likeness (QED) is 0.809. The highest BCUT2D eigenvalue weighted by Crippen LogP contribution is 2.38. The van der Waals surface area contributed by atoms with Crippen molar-refractivity contribution >= 4 is 17.0 Å². The third kappa shape index (κ3) is 1.86. The number of hydrogen-bond donors (Lipinski definition) is 2. The summed E-state index contributed by atoms with van der Waals surface area (Å²) in [5.41, 5.74) is 6.67. The van der Waals surface area contributed by atoms with Crippen molar-refractivity contribution in [3.63, 3.8) is 0 Å². The molecule has 0 spiro atoms. The van der Waals surface area contributed by atoms with Gasteiger partial charge >= 0.3 is 0 Å². The Hall–Kier alpha value is -0.740. The molecule has 78 valence electrons. The molecule has 4 heteroatoms. The molecule has 1 aliphatic rings. The van der Waals surface area contributed by atoms with Crippen molar-refractivity contribution in [2.24, 2.45) is 5.73 Å². The summed E-state index contributed by atoms with van der Waals surface area (Å²) in [6, 6.07) is 5.43. The van der Waals surface area contributed by atoms with Gasteiger partial charge in [0.1, 0.15) is 0 Å². The van der Waals surface area contributed by atoms with Gasteiger partial charge in [-0.3, -0.25) is 0 Å². The number of hydrogen-bond acceptors (Lipinski definition) is 3. The van der Waals surface area contributed by atoms with Gasteiger partial charge in [0.2, 0.25) is 0 Å². The van der Waals surface area contributed by atoms with Crippen molar-refractivity contribution in [3.8, 4) is 11.5 Å². The molecule has 1 aromatic carbocycles. The van der Waals surface area contributed by atoms with Crippen LogP contribution in [0.4, 0.5) is 0 Å². The Morgan fingerprint density at radius 2 is 2.29 bits per heavy atom. The number of phenolic OH excluding ortho intramolecular Hbond substituents is 1. The van der Waals surface area contributed by atoms with E-state index in [4.69, 9.17) is 10.5 Å². The van der Waals surface area contributed by atoms with Gasteiger partial charge in [0.15, 0.2) is 11.5 Å². The summed E-state index contributed by atoms with van der Waals surface area (Å²) < 4.78 is 5.38. The van der Waals surface area contributed by atoms with Crippen LogP contribution < -0.4 is 10.5 Å². The first-order chi connectivity index (χ1) is 6.33. The first kappa shape index (κ1) is 11.3. The van der Waals surface area contributed by atoms with Gasteiger partial charge in [-0.1, -0.05) is 12.1 Å². The van der Waals surface area contributed by atoms with Crippen LogP contribution >= 0.6 is 17.0 Å². The van der Waals surface area contributed by atoms with Crippen molar-refractivity contribution < 1.29 is 9.84 Å². The number of benzene rings is 1. The third-order valence-corrected chi connectivity index (χ3v) is 2.46. The fourth-order valence-corrected chi connectivity index (χ4v) is 1.72. The summed E-state index contributed by atoms with van der Waals surface area (Å²) in [6.07, 6.45) is 0.937. The SMILES string of the molecule is Br.NCC1CCOc2c(O)cccc21. The Kier molecular flexibility index (Phi) is 3.77. The van der Waals surface area contributed by atoms with Crippen LogP contribution in [0.1, 0.15) is 17.9 Å². The van der Waals surface area contributed by atoms with Gasteiger partial charge in [0.25, 0.3) is 0 Å². The summed E-state index contributed by atoms with van der Waals surface area (Å²) in [5.74, 6) is 1.16. The van der Waals surface area contributed by atoms with E-state index >= 15 is 0 Å². The molecule has 0 radical (unpaired) electrons. The molecular formula is C10H14BrNO2. The van der Waals surface area contributed by atoms with E-state index < -0.39 is 0 Å². The number of ether oxygens (including phenoxy) is 1. The maximum atomic E-state index is 9.50. The fourth-order valence-electron chi connectivity index (χ4n) is 1.72. The average Bonchev–Trinajstić information content (AvgIpc) is 2.18. The number of aromatic hydroxyl groups is 1. The molecule has 14 heavy (non-hydrogen) atoms. The zero-order valence-corrected chi connectivity index (χ0v) is 9.48. The highest BCUT2D eigenvalue weighted by Gasteiger charge is 2.22. The highest BCUT2D eigenvalue weighted by atomic mass is 79.9. The molecule has 0 saturated heterocycles. The van der Waals surface area contributed by atoms with E-state index in [-0.39, 0.29) is 22.7 Å². The number of para-hydroxylation sites is 1. The summed E-state index contributed by atoms with van der Waals surface area (Å²) in [6.45, 7) is 1.26. The second-order valence-corrected chi connectivity index (χ2v) is 3.27. The molecule has 0 bridgehead atoms. The smallest absolute Gasteiger partial charge is 0.164 e. The zero-order chi connectivity index (χ0) is 9.26. The lowest BCUT2D eigenvalue weighted by atomic mass is 9.93.